The minimum atomic E-state index is 0.126. The average Bonchev–Trinajstić information content (AvgIpc) is 2.34. The van der Waals surface area contributed by atoms with Gasteiger partial charge in [0.25, 0.3) is 0 Å². The number of hydrogen-bond donors (Lipinski definition) is 1. The van der Waals surface area contributed by atoms with Gasteiger partial charge < -0.3 is 5.73 Å². The lowest BCUT2D eigenvalue weighted by molar-refractivity contribution is 0.606. The minimum absolute atomic E-state index is 0.126. The number of aryl methyl sites for hydroxylation is 1. The Morgan fingerprint density at radius 1 is 1.29 bits per heavy atom. The van der Waals surface area contributed by atoms with Gasteiger partial charge in [-0.25, -0.2) is 0 Å². The molecule has 0 saturated carbocycles. The van der Waals surface area contributed by atoms with Crippen LogP contribution in [-0.4, -0.2) is 4.98 Å². The fourth-order valence-corrected chi connectivity index (χ4v) is 2.23. The van der Waals surface area contributed by atoms with Crippen molar-refractivity contribution >= 4 is 10.9 Å². The van der Waals surface area contributed by atoms with Gasteiger partial charge in [-0.1, -0.05) is 38.0 Å². The molecule has 0 aliphatic rings. The summed E-state index contributed by atoms with van der Waals surface area (Å²) in [5, 5.41) is 1.20. The number of pyridine rings is 1. The predicted molar refractivity (Wildman–Crippen MR) is 72.9 cm³/mol. The lowest BCUT2D eigenvalue weighted by atomic mass is 9.97. The third kappa shape index (κ3) is 2.64. The maximum absolute atomic E-state index is 6.29. The van der Waals surface area contributed by atoms with Crippen molar-refractivity contribution in [2.45, 2.75) is 39.2 Å². The molecular weight excluding hydrogens is 208 g/mol. The number of benzene rings is 1. The van der Waals surface area contributed by atoms with Gasteiger partial charge in [-0.05, 0) is 31.0 Å². The molecule has 1 atom stereocenters. The molecule has 0 spiro atoms. The average molecular weight is 228 g/mol. The first kappa shape index (κ1) is 12.1. The molecule has 0 fully saturated rings. The summed E-state index contributed by atoms with van der Waals surface area (Å²) < 4.78 is 0. The highest BCUT2D eigenvalue weighted by atomic mass is 14.7. The molecule has 2 aromatic rings. The van der Waals surface area contributed by atoms with Gasteiger partial charge in [0, 0.05) is 17.1 Å². The van der Waals surface area contributed by atoms with E-state index < -0.39 is 0 Å². The van der Waals surface area contributed by atoms with Crippen LogP contribution in [0, 0.1) is 6.92 Å². The van der Waals surface area contributed by atoms with E-state index in [4.69, 9.17) is 5.73 Å². The first-order valence-corrected chi connectivity index (χ1v) is 6.34. The summed E-state index contributed by atoms with van der Waals surface area (Å²) in [5.41, 5.74) is 9.62. The molecule has 1 heterocycles. The Labute approximate surface area is 103 Å². The van der Waals surface area contributed by atoms with Crippen LogP contribution in [0.25, 0.3) is 10.9 Å². The highest BCUT2D eigenvalue weighted by molar-refractivity contribution is 5.82. The van der Waals surface area contributed by atoms with Crippen LogP contribution >= 0.6 is 0 Å². The fourth-order valence-electron chi connectivity index (χ4n) is 2.23. The van der Waals surface area contributed by atoms with Crippen LogP contribution in [0.3, 0.4) is 0 Å². The van der Waals surface area contributed by atoms with Crippen LogP contribution in [0.4, 0.5) is 0 Å². The topological polar surface area (TPSA) is 38.9 Å². The van der Waals surface area contributed by atoms with Crippen LogP contribution in [0.5, 0.6) is 0 Å². The molecular formula is C15H20N2. The third-order valence-electron chi connectivity index (χ3n) is 3.14. The Kier molecular flexibility index (Phi) is 3.75. The minimum Gasteiger partial charge on any atom is -0.324 e. The van der Waals surface area contributed by atoms with E-state index in [9.17, 15) is 0 Å². The van der Waals surface area contributed by atoms with Gasteiger partial charge in [-0.3, -0.25) is 4.98 Å². The van der Waals surface area contributed by atoms with Gasteiger partial charge in [0.15, 0.2) is 0 Å². The first-order valence-electron chi connectivity index (χ1n) is 6.34. The molecule has 90 valence electrons. The second-order valence-corrected chi connectivity index (χ2v) is 4.62. The largest absolute Gasteiger partial charge is 0.324 e. The highest BCUT2D eigenvalue weighted by Crippen LogP contribution is 2.25. The summed E-state index contributed by atoms with van der Waals surface area (Å²) in [4.78, 5) is 4.54. The number of nitrogens with zero attached hydrogens (tertiary/aromatic N) is 1. The monoisotopic (exact) mass is 228 g/mol. The number of aromatic nitrogens is 1. The third-order valence-corrected chi connectivity index (χ3v) is 3.14. The maximum Gasteiger partial charge on any atom is 0.0708 e. The molecule has 2 nitrogen and oxygen atoms in total. The van der Waals surface area contributed by atoms with Crippen molar-refractivity contribution in [3.63, 3.8) is 0 Å². The molecule has 2 N–H and O–H groups in total. The van der Waals surface area contributed by atoms with Crippen LogP contribution in [0.1, 0.15) is 43.5 Å². The standard InChI is InChI=1S/C15H20N2/c1-3-4-8-14(16)13-10-11(2)17-15-9-6-5-7-12(13)15/h5-7,9-10,14H,3-4,8,16H2,1-2H3. The number of rotatable bonds is 4. The zero-order valence-electron chi connectivity index (χ0n) is 10.6. The van der Waals surface area contributed by atoms with Crippen molar-refractivity contribution in [2.75, 3.05) is 0 Å². The van der Waals surface area contributed by atoms with E-state index in [1.54, 1.807) is 0 Å². The second-order valence-electron chi connectivity index (χ2n) is 4.62. The quantitative estimate of drug-likeness (QED) is 0.866. The van der Waals surface area contributed by atoms with Crippen molar-refractivity contribution in [3.05, 3.63) is 41.6 Å². The van der Waals surface area contributed by atoms with E-state index in [1.165, 1.54) is 23.8 Å². The fraction of sp³-hybridized carbons (Fsp3) is 0.400. The number of hydrogen-bond acceptors (Lipinski definition) is 2. The predicted octanol–water partition coefficient (Wildman–Crippen LogP) is 3.73. The number of fused-ring (bicyclic) bond motifs is 1. The van der Waals surface area contributed by atoms with Crippen LogP contribution in [-0.2, 0) is 0 Å². The number of unbranched alkanes of at least 4 members (excludes halogenated alkanes) is 1. The molecule has 0 bridgehead atoms. The van der Waals surface area contributed by atoms with Gasteiger partial charge in [0.05, 0.1) is 5.52 Å². The summed E-state index contributed by atoms with van der Waals surface area (Å²) in [6.07, 6.45) is 3.41. The van der Waals surface area contributed by atoms with Gasteiger partial charge in [-0.15, -0.1) is 0 Å². The van der Waals surface area contributed by atoms with Gasteiger partial charge in [0.2, 0.25) is 0 Å². The molecule has 1 aromatic heterocycles. The Bertz CT molecular complexity index is 505. The van der Waals surface area contributed by atoms with E-state index in [2.05, 4.69) is 36.2 Å². The van der Waals surface area contributed by atoms with Gasteiger partial charge in [0.1, 0.15) is 0 Å². The summed E-state index contributed by atoms with van der Waals surface area (Å²) in [6.45, 7) is 4.23. The molecule has 2 heteroatoms. The van der Waals surface area contributed by atoms with Crippen molar-refractivity contribution < 1.29 is 0 Å². The zero-order chi connectivity index (χ0) is 12.3. The lowest BCUT2D eigenvalue weighted by Gasteiger charge is -2.15. The second kappa shape index (κ2) is 5.28. The van der Waals surface area contributed by atoms with Crippen LogP contribution < -0.4 is 5.73 Å². The summed E-state index contributed by atoms with van der Waals surface area (Å²) >= 11 is 0. The van der Waals surface area contributed by atoms with Gasteiger partial charge >= 0.3 is 0 Å². The highest BCUT2D eigenvalue weighted by Gasteiger charge is 2.10. The van der Waals surface area contributed by atoms with Gasteiger partial charge in [-0.2, -0.15) is 0 Å². The number of nitrogens with two attached hydrogens (primary N) is 1. The number of para-hydroxylation sites is 1. The van der Waals surface area contributed by atoms with Crippen molar-refractivity contribution in [2.24, 2.45) is 5.73 Å². The van der Waals surface area contributed by atoms with Crippen molar-refractivity contribution in [1.29, 1.82) is 0 Å². The van der Waals surface area contributed by atoms with E-state index in [1.807, 2.05) is 13.0 Å². The lowest BCUT2D eigenvalue weighted by Crippen LogP contribution is -2.11. The van der Waals surface area contributed by atoms with Crippen LogP contribution in [0.2, 0.25) is 0 Å². The molecule has 2 rings (SSSR count). The van der Waals surface area contributed by atoms with E-state index >= 15 is 0 Å². The molecule has 1 aromatic carbocycles. The van der Waals surface area contributed by atoms with E-state index in [-0.39, 0.29) is 6.04 Å². The maximum atomic E-state index is 6.29. The molecule has 17 heavy (non-hydrogen) atoms. The van der Waals surface area contributed by atoms with Crippen molar-refractivity contribution in [1.82, 2.24) is 4.98 Å². The summed E-state index contributed by atoms with van der Waals surface area (Å²) in [5.74, 6) is 0. The normalized spacial score (nSPS) is 12.9. The van der Waals surface area contributed by atoms with E-state index in [0.717, 1.165) is 17.6 Å². The Balaban J connectivity index is 2.44. The SMILES string of the molecule is CCCCC(N)c1cc(C)nc2ccccc12. The molecule has 0 radical (unpaired) electrons. The Hall–Kier alpha value is -1.41. The summed E-state index contributed by atoms with van der Waals surface area (Å²) in [7, 11) is 0. The molecule has 0 saturated heterocycles. The molecule has 1 unspecified atom stereocenters. The smallest absolute Gasteiger partial charge is 0.0708 e. The molecule has 0 aliphatic carbocycles. The van der Waals surface area contributed by atoms with E-state index in [0.29, 0.717) is 0 Å². The molecule has 0 aliphatic heterocycles. The zero-order valence-corrected chi connectivity index (χ0v) is 10.6. The Morgan fingerprint density at radius 3 is 2.82 bits per heavy atom. The van der Waals surface area contributed by atoms with Crippen LogP contribution in [0.15, 0.2) is 30.3 Å². The van der Waals surface area contributed by atoms with Crippen molar-refractivity contribution in [3.8, 4) is 0 Å². The molecule has 0 amide bonds. The Morgan fingerprint density at radius 2 is 2.06 bits per heavy atom. The summed E-state index contributed by atoms with van der Waals surface area (Å²) in [6, 6.07) is 10.5. The first-order chi connectivity index (χ1) is 8.22.